The number of halogens is 1. The van der Waals surface area contributed by atoms with Crippen molar-refractivity contribution in [1.29, 1.82) is 0 Å². The number of benzene rings is 1. The van der Waals surface area contributed by atoms with Gasteiger partial charge in [-0.15, -0.1) is 11.6 Å². The van der Waals surface area contributed by atoms with E-state index in [1.54, 1.807) is 7.11 Å². The van der Waals surface area contributed by atoms with Crippen molar-refractivity contribution in [1.82, 2.24) is 9.55 Å². The lowest BCUT2D eigenvalue weighted by Crippen LogP contribution is -2.26. The Hall–Kier alpha value is -1.26. The predicted octanol–water partition coefficient (Wildman–Crippen LogP) is 4.08. The molecule has 5 heteroatoms. The van der Waals surface area contributed by atoms with Crippen LogP contribution in [0.3, 0.4) is 0 Å². The normalized spacial score (nSPS) is 24.2. The summed E-state index contributed by atoms with van der Waals surface area (Å²) in [6, 6.07) is 6.36. The molecule has 3 atom stereocenters. The Morgan fingerprint density at radius 2 is 2.29 bits per heavy atom. The molecule has 2 aromatic rings. The van der Waals surface area contributed by atoms with Gasteiger partial charge in [-0.25, -0.2) is 4.98 Å². The number of hydrogen-bond acceptors (Lipinski definition) is 3. The average molecular weight is 309 g/mol. The van der Waals surface area contributed by atoms with E-state index < -0.39 is 0 Å². The quantitative estimate of drug-likeness (QED) is 0.801. The molecule has 1 fully saturated rings. The number of rotatable bonds is 3. The second-order valence-corrected chi connectivity index (χ2v) is 6.32. The van der Waals surface area contributed by atoms with Gasteiger partial charge in [0.1, 0.15) is 11.6 Å². The maximum absolute atomic E-state index is 6.36. The Morgan fingerprint density at radius 3 is 2.95 bits per heavy atom. The van der Waals surface area contributed by atoms with Gasteiger partial charge in [0.05, 0.1) is 29.6 Å². The molecular formula is C16H21ClN2O2. The van der Waals surface area contributed by atoms with Gasteiger partial charge in [0, 0.05) is 18.7 Å². The number of alkyl halides is 1. The van der Waals surface area contributed by atoms with Crippen LogP contribution in [0.15, 0.2) is 18.2 Å². The molecule has 114 valence electrons. The molecule has 0 N–H and O–H groups in total. The van der Waals surface area contributed by atoms with E-state index in [4.69, 9.17) is 26.1 Å². The van der Waals surface area contributed by atoms with Gasteiger partial charge in [-0.3, -0.25) is 0 Å². The third-order valence-electron chi connectivity index (χ3n) is 4.10. The van der Waals surface area contributed by atoms with E-state index >= 15 is 0 Å². The third-order valence-corrected chi connectivity index (χ3v) is 4.30. The van der Waals surface area contributed by atoms with Crippen LogP contribution in [0.1, 0.15) is 43.9 Å². The summed E-state index contributed by atoms with van der Waals surface area (Å²) >= 11 is 6.36. The smallest absolute Gasteiger partial charge is 0.127 e. The zero-order valence-corrected chi connectivity index (χ0v) is 13.4. The zero-order valence-electron chi connectivity index (χ0n) is 12.7. The SMILES string of the molecule is COc1ccc2nc(C(C)Cl)n(C3CCOC(C)C3)c2c1. The van der Waals surface area contributed by atoms with E-state index in [-0.39, 0.29) is 11.5 Å². The van der Waals surface area contributed by atoms with Gasteiger partial charge in [-0.1, -0.05) is 0 Å². The number of ether oxygens (including phenoxy) is 2. The molecule has 4 nitrogen and oxygen atoms in total. The number of methoxy groups -OCH3 is 1. The van der Waals surface area contributed by atoms with E-state index in [2.05, 4.69) is 11.5 Å². The predicted molar refractivity (Wildman–Crippen MR) is 84.2 cm³/mol. The van der Waals surface area contributed by atoms with Crippen LogP contribution in [0.5, 0.6) is 5.75 Å². The van der Waals surface area contributed by atoms with Gasteiger partial charge in [-0.05, 0) is 38.8 Å². The molecule has 1 aromatic carbocycles. The van der Waals surface area contributed by atoms with Gasteiger partial charge in [0.2, 0.25) is 0 Å². The number of imidazole rings is 1. The van der Waals surface area contributed by atoms with Gasteiger partial charge >= 0.3 is 0 Å². The van der Waals surface area contributed by atoms with Crippen molar-refractivity contribution in [3.05, 3.63) is 24.0 Å². The first kappa shape index (κ1) is 14.7. The summed E-state index contributed by atoms with van der Waals surface area (Å²) in [7, 11) is 1.68. The maximum Gasteiger partial charge on any atom is 0.127 e. The minimum atomic E-state index is -0.124. The fourth-order valence-electron chi connectivity index (χ4n) is 3.09. The topological polar surface area (TPSA) is 36.3 Å². The minimum Gasteiger partial charge on any atom is -0.497 e. The Morgan fingerprint density at radius 1 is 1.48 bits per heavy atom. The number of hydrogen-bond donors (Lipinski definition) is 0. The Bertz CT molecular complexity index is 638. The summed E-state index contributed by atoms with van der Waals surface area (Å²) in [6.07, 6.45) is 2.24. The highest BCUT2D eigenvalue weighted by molar-refractivity contribution is 6.20. The van der Waals surface area contributed by atoms with Gasteiger partial charge in [0.25, 0.3) is 0 Å². The fourth-order valence-corrected chi connectivity index (χ4v) is 3.25. The van der Waals surface area contributed by atoms with Crippen LogP contribution in [0.2, 0.25) is 0 Å². The lowest BCUT2D eigenvalue weighted by atomic mass is 10.0. The summed E-state index contributed by atoms with van der Waals surface area (Å²) in [6.45, 7) is 4.88. The van der Waals surface area contributed by atoms with Crippen LogP contribution in [0.25, 0.3) is 11.0 Å². The second-order valence-electron chi connectivity index (χ2n) is 5.67. The van der Waals surface area contributed by atoms with Gasteiger partial charge < -0.3 is 14.0 Å². The summed E-state index contributed by atoms with van der Waals surface area (Å²) in [5.41, 5.74) is 2.06. The van der Waals surface area contributed by atoms with Crippen molar-refractivity contribution in [2.45, 2.75) is 44.2 Å². The van der Waals surface area contributed by atoms with Crippen LogP contribution in [0.4, 0.5) is 0 Å². The first-order valence-electron chi connectivity index (χ1n) is 7.41. The van der Waals surface area contributed by atoms with E-state index in [1.807, 2.05) is 25.1 Å². The minimum absolute atomic E-state index is 0.124. The summed E-state index contributed by atoms with van der Waals surface area (Å²) in [5, 5.41) is -0.124. The molecule has 0 aliphatic carbocycles. The maximum atomic E-state index is 6.36. The van der Waals surface area contributed by atoms with Crippen molar-refractivity contribution in [2.75, 3.05) is 13.7 Å². The van der Waals surface area contributed by atoms with E-state index in [0.29, 0.717) is 6.04 Å². The summed E-state index contributed by atoms with van der Waals surface area (Å²) in [4.78, 5) is 4.72. The van der Waals surface area contributed by atoms with Gasteiger partial charge in [-0.2, -0.15) is 0 Å². The first-order valence-corrected chi connectivity index (χ1v) is 7.85. The molecule has 1 aliphatic rings. The highest BCUT2D eigenvalue weighted by Crippen LogP contribution is 2.35. The molecule has 2 heterocycles. The van der Waals surface area contributed by atoms with Crippen molar-refractivity contribution >= 4 is 22.6 Å². The molecular weight excluding hydrogens is 288 g/mol. The monoisotopic (exact) mass is 308 g/mol. The fraction of sp³-hybridized carbons (Fsp3) is 0.562. The molecule has 3 unspecified atom stereocenters. The van der Waals surface area contributed by atoms with Crippen LogP contribution in [-0.4, -0.2) is 29.4 Å². The molecule has 0 bridgehead atoms. The lowest BCUT2D eigenvalue weighted by Gasteiger charge is -2.30. The van der Waals surface area contributed by atoms with E-state index in [1.165, 1.54) is 0 Å². The molecule has 1 saturated heterocycles. The Balaban J connectivity index is 2.14. The summed E-state index contributed by atoms with van der Waals surface area (Å²) < 4.78 is 13.3. The molecule has 0 radical (unpaired) electrons. The van der Waals surface area contributed by atoms with E-state index in [9.17, 15) is 0 Å². The zero-order chi connectivity index (χ0) is 15.0. The molecule has 21 heavy (non-hydrogen) atoms. The molecule has 0 amide bonds. The lowest BCUT2D eigenvalue weighted by molar-refractivity contribution is 0.00621. The Labute approximate surface area is 130 Å². The largest absolute Gasteiger partial charge is 0.497 e. The van der Waals surface area contributed by atoms with Crippen LogP contribution in [-0.2, 0) is 4.74 Å². The van der Waals surface area contributed by atoms with Crippen molar-refractivity contribution < 1.29 is 9.47 Å². The standard InChI is InChI=1S/C16H21ClN2O2/c1-10-8-12(6-7-21-10)19-15-9-13(20-3)4-5-14(15)18-16(19)11(2)17/h4-5,9-12H,6-8H2,1-3H3. The van der Waals surface area contributed by atoms with Crippen LogP contribution >= 0.6 is 11.6 Å². The molecule has 1 aromatic heterocycles. The highest BCUT2D eigenvalue weighted by atomic mass is 35.5. The number of nitrogens with zero attached hydrogens (tertiary/aromatic N) is 2. The van der Waals surface area contributed by atoms with Crippen molar-refractivity contribution in [2.24, 2.45) is 0 Å². The van der Waals surface area contributed by atoms with Crippen molar-refractivity contribution in [3.8, 4) is 5.75 Å². The van der Waals surface area contributed by atoms with Crippen LogP contribution in [0, 0.1) is 0 Å². The molecule has 1 aliphatic heterocycles. The highest BCUT2D eigenvalue weighted by Gasteiger charge is 2.26. The van der Waals surface area contributed by atoms with E-state index in [0.717, 1.165) is 42.1 Å². The van der Waals surface area contributed by atoms with Crippen molar-refractivity contribution in [3.63, 3.8) is 0 Å². The van der Waals surface area contributed by atoms with Gasteiger partial charge in [0.15, 0.2) is 0 Å². The summed E-state index contributed by atoms with van der Waals surface area (Å²) in [5.74, 6) is 1.77. The molecule has 0 spiro atoms. The molecule has 0 saturated carbocycles. The average Bonchev–Trinajstić information content (AvgIpc) is 2.85. The number of aromatic nitrogens is 2. The third kappa shape index (κ3) is 2.74. The first-order chi connectivity index (χ1) is 10.1. The Kier molecular flexibility index (Phi) is 4.09. The second kappa shape index (κ2) is 5.85. The van der Waals surface area contributed by atoms with Crippen LogP contribution < -0.4 is 4.74 Å². The molecule has 3 rings (SSSR count). The number of fused-ring (bicyclic) bond motifs is 1.